The first-order chi connectivity index (χ1) is 14.3. The van der Waals surface area contributed by atoms with Crippen LogP contribution in [-0.4, -0.2) is 29.6 Å². The largest absolute Gasteiger partial charge is 0.504 e. The van der Waals surface area contributed by atoms with E-state index in [0.29, 0.717) is 29.8 Å². The topological polar surface area (TPSA) is 95.9 Å². The molecule has 3 rings (SSSR count). The van der Waals surface area contributed by atoms with Crippen molar-refractivity contribution in [3.63, 3.8) is 0 Å². The Morgan fingerprint density at radius 2 is 1.87 bits per heavy atom. The van der Waals surface area contributed by atoms with Gasteiger partial charge in [-0.15, -0.1) is 6.58 Å². The molecule has 1 fully saturated rings. The Labute approximate surface area is 174 Å². The summed E-state index contributed by atoms with van der Waals surface area (Å²) in [7, 11) is 0. The van der Waals surface area contributed by atoms with Gasteiger partial charge in [0.2, 0.25) is 0 Å². The van der Waals surface area contributed by atoms with Gasteiger partial charge in [-0.3, -0.25) is 14.9 Å². The van der Waals surface area contributed by atoms with Crippen LogP contribution in [0.25, 0.3) is 6.08 Å². The fourth-order valence-electron chi connectivity index (χ4n) is 3.10. The average molecular weight is 406 g/mol. The van der Waals surface area contributed by atoms with Crippen LogP contribution in [0.4, 0.5) is 10.5 Å². The van der Waals surface area contributed by atoms with E-state index in [1.54, 1.807) is 43.3 Å². The first kappa shape index (κ1) is 20.9. The smallest absolute Gasteiger partial charge is 0.335 e. The fraction of sp³-hybridized carbons (Fsp3) is 0.174. The quantitative estimate of drug-likeness (QED) is 0.435. The van der Waals surface area contributed by atoms with E-state index >= 15 is 0 Å². The molecule has 2 N–H and O–H groups in total. The highest BCUT2D eigenvalue weighted by atomic mass is 16.5. The molecule has 30 heavy (non-hydrogen) atoms. The number of rotatable bonds is 6. The Kier molecular flexibility index (Phi) is 6.01. The first-order valence-corrected chi connectivity index (χ1v) is 9.43. The highest BCUT2D eigenvalue weighted by Gasteiger charge is 2.36. The van der Waals surface area contributed by atoms with Crippen molar-refractivity contribution in [2.45, 2.75) is 20.3 Å². The van der Waals surface area contributed by atoms with Crippen LogP contribution >= 0.6 is 0 Å². The lowest BCUT2D eigenvalue weighted by Gasteiger charge is -2.26. The van der Waals surface area contributed by atoms with Gasteiger partial charge < -0.3 is 9.84 Å². The van der Waals surface area contributed by atoms with Crippen LogP contribution in [0.15, 0.2) is 54.6 Å². The zero-order valence-electron chi connectivity index (χ0n) is 16.8. The zero-order valence-corrected chi connectivity index (χ0v) is 16.8. The number of allylic oxidation sites excluding steroid dienone is 1. The number of anilines is 1. The number of urea groups is 1. The van der Waals surface area contributed by atoms with Crippen molar-refractivity contribution < 1.29 is 24.2 Å². The van der Waals surface area contributed by atoms with Crippen molar-refractivity contribution in [2.75, 3.05) is 11.5 Å². The summed E-state index contributed by atoms with van der Waals surface area (Å²) in [4.78, 5) is 38.6. The minimum atomic E-state index is -0.806. The number of phenolic OH excluding ortho intramolecular Hbond substituents is 1. The van der Waals surface area contributed by atoms with Crippen LogP contribution in [0.1, 0.15) is 23.6 Å². The molecule has 0 unspecified atom stereocenters. The van der Waals surface area contributed by atoms with E-state index < -0.39 is 17.8 Å². The predicted octanol–water partition coefficient (Wildman–Crippen LogP) is 3.49. The van der Waals surface area contributed by atoms with Crippen LogP contribution in [-0.2, 0) is 16.0 Å². The Morgan fingerprint density at radius 3 is 2.50 bits per heavy atom. The third-order valence-corrected chi connectivity index (χ3v) is 4.55. The van der Waals surface area contributed by atoms with Crippen molar-refractivity contribution in [1.82, 2.24) is 5.32 Å². The van der Waals surface area contributed by atoms with Gasteiger partial charge in [-0.2, -0.15) is 0 Å². The summed E-state index contributed by atoms with van der Waals surface area (Å²) in [5, 5.41) is 12.5. The zero-order chi connectivity index (χ0) is 21.8. The van der Waals surface area contributed by atoms with E-state index in [2.05, 4.69) is 11.9 Å². The van der Waals surface area contributed by atoms with Gasteiger partial charge in [0.15, 0.2) is 11.5 Å². The molecule has 0 radical (unpaired) electrons. The summed E-state index contributed by atoms with van der Waals surface area (Å²) in [6.07, 6.45) is 3.37. The number of nitrogens with one attached hydrogen (secondary N) is 1. The maximum Gasteiger partial charge on any atom is 0.335 e. The molecule has 0 spiro atoms. The van der Waals surface area contributed by atoms with Crippen molar-refractivity contribution in [1.29, 1.82) is 0 Å². The number of aromatic hydroxyl groups is 1. The van der Waals surface area contributed by atoms with Gasteiger partial charge in [0, 0.05) is 5.56 Å². The fourth-order valence-corrected chi connectivity index (χ4v) is 3.10. The summed E-state index contributed by atoms with van der Waals surface area (Å²) in [6.45, 7) is 7.67. The molecule has 4 amide bonds. The highest BCUT2D eigenvalue weighted by Crippen LogP contribution is 2.33. The van der Waals surface area contributed by atoms with Gasteiger partial charge >= 0.3 is 6.03 Å². The number of hydrogen-bond donors (Lipinski definition) is 2. The van der Waals surface area contributed by atoms with Crippen molar-refractivity contribution >= 4 is 29.6 Å². The Morgan fingerprint density at radius 1 is 1.17 bits per heavy atom. The minimum Gasteiger partial charge on any atom is -0.504 e. The third-order valence-electron chi connectivity index (χ3n) is 4.55. The highest BCUT2D eigenvalue weighted by molar-refractivity contribution is 6.39. The number of phenols is 1. The van der Waals surface area contributed by atoms with E-state index in [-0.39, 0.29) is 17.1 Å². The molecule has 0 atom stereocenters. The van der Waals surface area contributed by atoms with Crippen LogP contribution in [0.2, 0.25) is 0 Å². The maximum absolute atomic E-state index is 13.0. The number of imide groups is 2. The number of aryl methyl sites for hydroxylation is 1. The van der Waals surface area contributed by atoms with Crippen molar-refractivity contribution in [3.05, 3.63) is 71.3 Å². The summed E-state index contributed by atoms with van der Waals surface area (Å²) in [5.41, 5.74) is 2.14. The lowest BCUT2D eigenvalue weighted by atomic mass is 10.0. The molecule has 0 bridgehead atoms. The number of barbiturate groups is 1. The molecule has 0 aromatic heterocycles. The van der Waals surface area contributed by atoms with Crippen molar-refractivity contribution in [3.8, 4) is 11.5 Å². The van der Waals surface area contributed by atoms with Gasteiger partial charge in [0.1, 0.15) is 5.57 Å². The molecule has 7 nitrogen and oxygen atoms in total. The molecule has 154 valence electrons. The number of amides is 4. The molecule has 7 heteroatoms. The normalized spacial score (nSPS) is 15.3. The molecule has 0 saturated carbocycles. The van der Waals surface area contributed by atoms with Gasteiger partial charge in [0.25, 0.3) is 11.8 Å². The molecule has 1 aliphatic heterocycles. The Hall–Kier alpha value is -3.87. The summed E-state index contributed by atoms with van der Waals surface area (Å²) >= 11 is 0. The molecule has 0 aliphatic carbocycles. The molecular formula is C23H22N2O5. The molecule has 1 aliphatic rings. The molecule has 1 heterocycles. The summed E-state index contributed by atoms with van der Waals surface area (Å²) in [6, 6.07) is 9.17. The van der Waals surface area contributed by atoms with Gasteiger partial charge in [0.05, 0.1) is 12.3 Å². The second-order valence-corrected chi connectivity index (χ2v) is 6.75. The molecule has 1 saturated heterocycles. The van der Waals surface area contributed by atoms with E-state index in [0.717, 1.165) is 10.5 Å². The van der Waals surface area contributed by atoms with Crippen LogP contribution < -0.4 is 15.0 Å². The second kappa shape index (κ2) is 8.65. The predicted molar refractivity (Wildman–Crippen MR) is 113 cm³/mol. The molecule has 2 aromatic rings. The number of carbonyl (C=O) groups is 3. The van der Waals surface area contributed by atoms with E-state index in [1.165, 1.54) is 12.1 Å². The SMILES string of the molecule is C=CCc1cc(C=C2C(=O)NC(=O)N(c3ccc(C)cc3)C2=O)cc(OCC)c1O. The van der Waals surface area contributed by atoms with E-state index in [4.69, 9.17) is 4.74 Å². The van der Waals surface area contributed by atoms with E-state index in [9.17, 15) is 19.5 Å². The van der Waals surface area contributed by atoms with Crippen molar-refractivity contribution in [2.24, 2.45) is 0 Å². The first-order valence-electron chi connectivity index (χ1n) is 9.43. The number of benzene rings is 2. The number of carbonyl (C=O) groups excluding carboxylic acids is 3. The minimum absolute atomic E-state index is 0.0187. The standard InChI is InChI=1S/C23H22N2O5/c1-4-6-16-11-15(13-19(20(16)26)30-5-2)12-18-21(27)24-23(29)25(22(18)28)17-9-7-14(3)8-10-17/h4,7-13,26H,1,5-6H2,2-3H3,(H,24,27,29). The molecular weight excluding hydrogens is 384 g/mol. The van der Waals surface area contributed by atoms with Gasteiger partial charge in [-0.1, -0.05) is 23.8 Å². The number of hydrogen-bond acceptors (Lipinski definition) is 5. The van der Waals surface area contributed by atoms with Gasteiger partial charge in [-0.25, -0.2) is 9.69 Å². The maximum atomic E-state index is 13.0. The third kappa shape index (κ3) is 4.10. The molecule has 2 aromatic carbocycles. The van der Waals surface area contributed by atoms with Crippen LogP contribution in [0.3, 0.4) is 0 Å². The summed E-state index contributed by atoms with van der Waals surface area (Å²) in [5.74, 6) is -1.30. The van der Waals surface area contributed by atoms with Crippen LogP contribution in [0, 0.1) is 6.92 Å². The van der Waals surface area contributed by atoms with Gasteiger partial charge in [-0.05, 0) is 56.2 Å². The average Bonchev–Trinajstić information content (AvgIpc) is 2.70. The second-order valence-electron chi connectivity index (χ2n) is 6.75. The number of ether oxygens (including phenoxy) is 1. The van der Waals surface area contributed by atoms with E-state index in [1.807, 2.05) is 6.92 Å². The van der Waals surface area contributed by atoms with Crippen LogP contribution in [0.5, 0.6) is 11.5 Å². The lowest BCUT2D eigenvalue weighted by molar-refractivity contribution is -0.122. The monoisotopic (exact) mass is 406 g/mol. The number of nitrogens with zero attached hydrogens (tertiary/aromatic N) is 1. The Bertz CT molecular complexity index is 1050. The summed E-state index contributed by atoms with van der Waals surface area (Å²) < 4.78 is 5.46. The Balaban J connectivity index is 2.05. The lowest BCUT2D eigenvalue weighted by Crippen LogP contribution is -2.54.